The lowest BCUT2D eigenvalue weighted by Gasteiger charge is -2.42. The third-order valence-corrected chi connectivity index (χ3v) is 7.51. The molecule has 3 amide bonds. The fourth-order valence-corrected chi connectivity index (χ4v) is 5.09. The third-order valence-electron chi connectivity index (χ3n) is 7.51. The van der Waals surface area contributed by atoms with E-state index in [1.165, 1.54) is 0 Å². The minimum Gasteiger partial charge on any atom is -0.344 e. The standard InChI is InChI=1S/C29H36N4O4/c34-25(27(36)31-20-23-15-8-9-18-30-23)24(19-21-11-4-3-5-12-21)32-28(37)29(16-10-17-29)33-26(35)22-13-6-1-2-7-14-22/h3-5,8-9,11-12,15,18,22,24H,1-2,6-7,10,13-14,16-17,19-20H2,(H,31,36)(H,32,37)(H,33,35)/t24-/m1/s1. The largest absolute Gasteiger partial charge is 0.344 e. The minimum absolute atomic E-state index is 0.0733. The lowest BCUT2D eigenvalue weighted by Crippen LogP contribution is -2.66. The van der Waals surface area contributed by atoms with Crippen LogP contribution in [-0.4, -0.2) is 40.1 Å². The zero-order chi connectivity index (χ0) is 26.1. The Morgan fingerprint density at radius 3 is 2.22 bits per heavy atom. The van der Waals surface area contributed by atoms with Crippen LogP contribution in [0.25, 0.3) is 0 Å². The zero-order valence-electron chi connectivity index (χ0n) is 21.2. The quantitative estimate of drug-likeness (QED) is 0.340. The first-order valence-corrected chi connectivity index (χ1v) is 13.4. The van der Waals surface area contributed by atoms with E-state index in [0.717, 1.165) is 50.5 Å². The Hall–Kier alpha value is -3.55. The van der Waals surface area contributed by atoms with Gasteiger partial charge in [0.25, 0.3) is 5.91 Å². The van der Waals surface area contributed by atoms with Gasteiger partial charge in [-0.3, -0.25) is 24.2 Å². The molecule has 2 aliphatic rings. The summed E-state index contributed by atoms with van der Waals surface area (Å²) in [7, 11) is 0. The summed E-state index contributed by atoms with van der Waals surface area (Å²) >= 11 is 0. The van der Waals surface area contributed by atoms with E-state index >= 15 is 0 Å². The number of hydrogen-bond donors (Lipinski definition) is 3. The van der Waals surface area contributed by atoms with Gasteiger partial charge in [-0.25, -0.2) is 0 Å². The molecule has 2 fully saturated rings. The second kappa shape index (κ2) is 12.6. The van der Waals surface area contributed by atoms with E-state index in [9.17, 15) is 19.2 Å². The zero-order valence-corrected chi connectivity index (χ0v) is 21.2. The van der Waals surface area contributed by atoms with Crippen LogP contribution in [0.2, 0.25) is 0 Å². The Morgan fingerprint density at radius 1 is 0.892 bits per heavy atom. The van der Waals surface area contributed by atoms with Crippen molar-refractivity contribution >= 4 is 23.5 Å². The van der Waals surface area contributed by atoms with Crippen molar-refractivity contribution < 1.29 is 19.2 Å². The number of amides is 3. The van der Waals surface area contributed by atoms with Gasteiger partial charge in [-0.1, -0.05) is 62.1 Å². The molecule has 2 saturated carbocycles. The van der Waals surface area contributed by atoms with Crippen molar-refractivity contribution in [1.82, 2.24) is 20.9 Å². The van der Waals surface area contributed by atoms with E-state index in [-0.39, 0.29) is 24.8 Å². The second-order valence-corrected chi connectivity index (χ2v) is 10.2. The number of benzene rings is 1. The molecule has 4 rings (SSSR count). The van der Waals surface area contributed by atoms with Crippen LogP contribution >= 0.6 is 0 Å². The molecule has 0 radical (unpaired) electrons. The average Bonchev–Trinajstić information content (AvgIpc) is 3.19. The van der Waals surface area contributed by atoms with Crippen molar-refractivity contribution in [3.05, 3.63) is 66.0 Å². The summed E-state index contributed by atoms with van der Waals surface area (Å²) in [5.41, 5.74) is 0.425. The van der Waals surface area contributed by atoms with Crippen molar-refractivity contribution in [2.24, 2.45) is 5.92 Å². The fourth-order valence-electron chi connectivity index (χ4n) is 5.09. The highest BCUT2D eigenvalue weighted by Crippen LogP contribution is 2.34. The molecule has 0 saturated heterocycles. The fraction of sp³-hybridized carbons (Fsp3) is 0.483. The lowest BCUT2D eigenvalue weighted by molar-refractivity contribution is -0.143. The van der Waals surface area contributed by atoms with Crippen LogP contribution in [-0.2, 0) is 32.1 Å². The molecule has 8 heteroatoms. The molecule has 1 aromatic carbocycles. The summed E-state index contributed by atoms with van der Waals surface area (Å²) in [5.74, 6) is -2.05. The van der Waals surface area contributed by atoms with Crippen molar-refractivity contribution in [3.8, 4) is 0 Å². The van der Waals surface area contributed by atoms with Crippen molar-refractivity contribution in [1.29, 1.82) is 0 Å². The van der Waals surface area contributed by atoms with Crippen molar-refractivity contribution in [2.75, 3.05) is 0 Å². The number of rotatable bonds is 10. The molecule has 0 aliphatic heterocycles. The SMILES string of the molecule is O=C(NCc1ccccn1)C(=O)[C@@H](Cc1ccccc1)NC(=O)C1(NC(=O)C2CCCCCC2)CCC1. The number of Topliss-reactive ketones (excluding diaryl/α,β-unsaturated/α-hetero) is 1. The monoisotopic (exact) mass is 504 g/mol. The molecule has 1 heterocycles. The first-order chi connectivity index (χ1) is 18.0. The van der Waals surface area contributed by atoms with Gasteiger partial charge < -0.3 is 16.0 Å². The smallest absolute Gasteiger partial charge is 0.289 e. The first-order valence-electron chi connectivity index (χ1n) is 13.4. The number of ketones is 1. The van der Waals surface area contributed by atoms with Gasteiger partial charge in [0.05, 0.1) is 12.2 Å². The molecule has 1 atom stereocenters. The summed E-state index contributed by atoms with van der Waals surface area (Å²) in [6.45, 7) is 0.110. The molecule has 0 spiro atoms. The van der Waals surface area contributed by atoms with Crippen LogP contribution in [0.5, 0.6) is 0 Å². The molecule has 3 N–H and O–H groups in total. The highest BCUT2D eigenvalue weighted by molar-refractivity contribution is 6.38. The van der Waals surface area contributed by atoms with Gasteiger partial charge >= 0.3 is 0 Å². The molecule has 2 aliphatic carbocycles. The van der Waals surface area contributed by atoms with Gasteiger partial charge in [0.1, 0.15) is 11.6 Å². The molecular weight excluding hydrogens is 468 g/mol. The summed E-state index contributed by atoms with van der Waals surface area (Å²) in [4.78, 5) is 56.7. The first kappa shape index (κ1) is 26.5. The van der Waals surface area contributed by atoms with Crippen molar-refractivity contribution in [3.63, 3.8) is 0 Å². The van der Waals surface area contributed by atoms with E-state index in [1.54, 1.807) is 24.4 Å². The number of nitrogens with zero attached hydrogens (tertiary/aromatic N) is 1. The van der Waals surface area contributed by atoms with Gasteiger partial charge in [0, 0.05) is 18.5 Å². The minimum atomic E-state index is -1.05. The number of hydrogen-bond acceptors (Lipinski definition) is 5. The Bertz CT molecular complexity index is 1080. The Kier molecular flexibility index (Phi) is 9.04. The molecule has 1 aromatic heterocycles. The van der Waals surface area contributed by atoms with Crippen LogP contribution in [0, 0.1) is 5.92 Å². The predicted octanol–water partition coefficient (Wildman–Crippen LogP) is 3.00. The van der Waals surface area contributed by atoms with E-state index < -0.39 is 29.2 Å². The number of carbonyl (C=O) groups is 4. The van der Waals surface area contributed by atoms with Crippen LogP contribution < -0.4 is 16.0 Å². The highest BCUT2D eigenvalue weighted by Gasteiger charge is 2.47. The molecule has 0 unspecified atom stereocenters. The van der Waals surface area contributed by atoms with Gasteiger partial charge in [0.15, 0.2) is 0 Å². The number of nitrogens with one attached hydrogen (secondary N) is 3. The summed E-state index contributed by atoms with van der Waals surface area (Å²) in [5, 5.41) is 8.48. The Labute approximate surface area is 218 Å². The molecule has 0 bridgehead atoms. The van der Waals surface area contributed by atoms with Gasteiger partial charge in [0.2, 0.25) is 17.6 Å². The molecule has 8 nitrogen and oxygen atoms in total. The molecule has 37 heavy (non-hydrogen) atoms. The lowest BCUT2D eigenvalue weighted by atomic mass is 9.75. The van der Waals surface area contributed by atoms with E-state index in [2.05, 4.69) is 20.9 Å². The van der Waals surface area contributed by atoms with E-state index in [4.69, 9.17) is 0 Å². The predicted molar refractivity (Wildman–Crippen MR) is 139 cm³/mol. The van der Waals surface area contributed by atoms with Crippen LogP contribution in [0.4, 0.5) is 0 Å². The highest BCUT2D eigenvalue weighted by atomic mass is 16.2. The van der Waals surface area contributed by atoms with Crippen LogP contribution in [0.15, 0.2) is 54.7 Å². The average molecular weight is 505 g/mol. The maximum Gasteiger partial charge on any atom is 0.289 e. The number of aromatic nitrogens is 1. The van der Waals surface area contributed by atoms with E-state index in [1.807, 2.05) is 30.3 Å². The maximum absolute atomic E-state index is 13.5. The third kappa shape index (κ3) is 7.02. The summed E-state index contributed by atoms with van der Waals surface area (Å²) in [6.07, 6.45) is 9.67. The van der Waals surface area contributed by atoms with Crippen LogP contribution in [0.1, 0.15) is 69.0 Å². The molecular formula is C29H36N4O4. The molecule has 2 aromatic rings. The molecule has 196 valence electrons. The van der Waals surface area contributed by atoms with Gasteiger partial charge in [-0.2, -0.15) is 0 Å². The Balaban J connectivity index is 1.44. The number of carbonyl (C=O) groups excluding carboxylic acids is 4. The van der Waals surface area contributed by atoms with E-state index in [0.29, 0.717) is 18.5 Å². The van der Waals surface area contributed by atoms with Crippen LogP contribution in [0.3, 0.4) is 0 Å². The van der Waals surface area contributed by atoms with Gasteiger partial charge in [-0.15, -0.1) is 0 Å². The number of pyridine rings is 1. The van der Waals surface area contributed by atoms with Gasteiger partial charge in [-0.05, 0) is 49.8 Å². The maximum atomic E-state index is 13.5. The normalized spacial score (nSPS) is 17.9. The Morgan fingerprint density at radius 2 is 1.59 bits per heavy atom. The second-order valence-electron chi connectivity index (χ2n) is 10.2. The topological polar surface area (TPSA) is 117 Å². The summed E-state index contributed by atoms with van der Waals surface area (Å²) < 4.78 is 0. The summed E-state index contributed by atoms with van der Waals surface area (Å²) in [6, 6.07) is 13.5. The van der Waals surface area contributed by atoms with Crippen molar-refractivity contribution in [2.45, 2.75) is 82.3 Å².